The molecule has 1 aliphatic heterocycles. The number of rotatable bonds is 0. The summed E-state index contributed by atoms with van der Waals surface area (Å²) in [4.78, 5) is 14.1. The molecule has 0 bridgehead atoms. The van der Waals surface area contributed by atoms with Crippen LogP contribution in [0.25, 0.3) is 0 Å². The average Bonchev–Trinajstić information content (AvgIpc) is 2.33. The lowest BCUT2D eigenvalue weighted by atomic mass is 9.81. The maximum atomic E-state index is 11.6. The Labute approximate surface area is 77.9 Å². The highest BCUT2D eigenvalue weighted by molar-refractivity contribution is 7.80. The molecule has 2 aliphatic rings. The van der Waals surface area contributed by atoms with Crippen LogP contribution in [-0.2, 0) is 4.79 Å². The molecule has 1 heterocycles. The summed E-state index contributed by atoms with van der Waals surface area (Å²) in [5, 5.41) is 0. The van der Waals surface area contributed by atoms with Crippen molar-refractivity contribution in [3.8, 4) is 0 Å². The van der Waals surface area contributed by atoms with Crippen LogP contribution in [-0.4, -0.2) is 22.8 Å². The van der Waals surface area contributed by atoms with E-state index in [0.717, 1.165) is 17.8 Å². The van der Waals surface area contributed by atoms with E-state index in [9.17, 15) is 4.79 Å². The number of likely N-dealkylation sites (tertiary alicyclic amines) is 1. The van der Waals surface area contributed by atoms with Crippen LogP contribution in [0.4, 0.5) is 0 Å². The Morgan fingerprint density at radius 3 is 2.50 bits per heavy atom. The summed E-state index contributed by atoms with van der Waals surface area (Å²) >= 11 is 5.22. The molecule has 2 atom stereocenters. The third kappa shape index (κ3) is 0.993. The first-order valence-electron chi connectivity index (χ1n) is 4.53. The number of nitrogens with zero attached hydrogens (tertiary/aromatic N) is 1. The van der Waals surface area contributed by atoms with Crippen molar-refractivity contribution in [1.82, 2.24) is 4.90 Å². The predicted molar refractivity (Wildman–Crippen MR) is 50.8 cm³/mol. The molecule has 1 saturated carbocycles. The van der Waals surface area contributed by atoms with Gasteiger partial charge in [-0.05, 0) is 12.8 Å². The summed E-state index contributed by atoms with van der Waals surface area (Å²) in [5.74, 6) is 0.882. The zero-order chi connectivity index (χ0) is 8.72. The van der Waals surface area contributed by atoms with Gasteiger partial charge < -0.3 is 4.90 Å². The second-order valence-corrected chi connectivity index (χ2v) is 4.15. The van der Waals surface area contributed by atoms with Gasteiger partial charge in [0.2, 0.25) is 5.91 Å². The largest absolute Gasteiger partial charge is 0.309 e. The molecule has 0 aromatic heterocycles. The standard InChI is InChI=1S/C9H13NOS/c1-10-8(11)6-4-2-3-5-7(6)9(10)12/h6-7H,2-5H2,1H3/t6-,7+/m0/s1. The molecule has 0 aromatic carbocycles. The molecule has 0 unspecified atom stereocenters. The number of carbonyl (C=O) groups excluding carboxylic acids is 1. The fourth-order valence-corrected chi connectivity index (χ4v) is 2.70. The number of thiocarbonyl (C=S) groups is 1. The summed E-state index contributed by atoms with van der Waals surface area (Å²) in [6.45, 7) is 0. The van der Waals surface area contributed by atoms with Crippen LogP contribution in [0.2, 0.25) is 0 Å². The maximum absolute atomic E-state index is 11.6. The highest BCUT2D eigenvalue weighted by atomic mass is 32.1. The lowest BCUT2D eigenvalue weighted by molar-refractivity contribution is -0.129. The van der Waals surface area contributed by atoms with Crippen molar-refractivity contribution < 1.29 is 4.79 Å². The number of fused-ring (bicyclic) bond motifs is 1. The highest BCUT2D eigenvalue weighted by Crippen LogP contribution is 2.37. The van der Waals surface area contributed by atoms with Gasteiger partial charge in [-0.15, -0.1) is 0 Å². The van der Waals surface area contributed by atoms with Gasteiger partial charge in [0.25, 0.3) is 0 Å². The summed E-state index contributed by atoms with van der Waals surface area (Å²) < 4.78 is 0. The summed E-state index contributed by atoms with van der Waals surface area (Å²) in [7, 11) is 1.81. The van der Waals surface area contributed by atoms with Gasteiger partial charge in [0.05, 0.1) is 4.99 Å². The first kappa shape index (κ1) is 8.17. The second-order valence-electron chi connectivity index (χ2n) is 3.73. The van der Waals surface area contributed by atoms with Crippen LogP contribution < -0.4 is 0 Å². The van der Waals surface area contributed by atoms with Crippen molar-refractivity contribution >= 4 is 23.1 Å². The molecule has 2 fully saturated rings. The predicted octanol–water partition coefficient (Wildman–Crippen LogP) is 1.59. The van der Waals surface area contributed by atoms with E-state index >= 15 is 0 Å². The maximum Gasteiger partial charge on any atom is 0.230 e. The highest BCUT2D eigenvalue weighted by Gasteiger charge is 2.43. The molecule has 0 aromatic rings. The van der Waals surface area contributed by atoms with Crippen LogP contribution in [0, 0.1) is 11.8 Å². The number of amides is 1. The van der Waals surface area contributed by atoms with Crippen LogP contribution in [0.3, 0.4) is 0 Å². The monoisotopic (exact) mass is 183 g/mol. The molecule has 0 spiro atoms. The molecule has 0 N–H and O–H groups in total. The SMILES string of the molecule is CN1C(=O)[C@H]2CCCC[C@H]2C1=S. The Morgan fingerprint density at radius 2 is 1.92 bits per heavy atom. The van der Waals surface area contributed by atoms with E-state index in [0.29, 0.717) is 5.92 Å². The minimum absolute atomic E-state index is 0.233. The zero-order valence-electron chi connectivity index (χ0n) is 7.25. The molecule has 1 amide bonds. The van der Waals surface area contributed by atoms with Gasteiger partial charge in [-0.3, -0.25) is 4.79 Å². The van der Waals surface area contributed by atoms with Crippen molar-refractivity contribution in [3.63, 3.8) is 0 Å². The Hall–Kier alpha value is -0.440. The Bertz CT molecular complexity index is 215. The number of hydrogen-bond acceptors (Lipinski definition) is 2. The minimum atomic E-state index is 0.233. The molecule has 3 heteroatoms. The van der Waals surface area contributed by atoms with Crippen molar-refractivity contribution in [2.75, 3.05) is 7.05 Å². The topological polar surface area (TPSA) is 20.3 Å². The van der Waals surface area contributed by atoms with Gasteiger partial charge in [0.1, 0.15) is 0 Å². The van der Waals surface area contributed by atoms with Gasteiger partial charge in [-0.1, -0.05) is 25.1 Å². The lowest BCUT2D eigenvalue weighted by Crippen LogP contribution is -2.24. The van der Waals surface area contributed by atoms with E-state index in [-0.39, 0.29) is 11.8 Å². The van der Waals surface area contributed by atoms with E-state index in [1.807, 2.05) is 7.05 Å². The van der Waals surface area contributed by atoms with Crippen LogP contribution in [0.1, 0.15) is 25.7 Å². The van der Waals surface area contributed by atoms with Gasteiger partial charge in [-0.2, -0.15) is 0 Å². The van der Waals surface area contributed by atoms with Crippen molar-refractivity contribution in [2.24, 2.45) is 11.8 Å². The Kier molecular flexibility index (Phi) is 1.91. The normalized spacial score (nSPS) is 35.6. The van der Waals surface area contributed by atoms with Crippen LogP contribution in [0.15, 0.2) is 0 Å². The van der Waals surface area contributed by atoms with Crippen LogP contribution in [0.5, 0.6) is 0 Å². The third-order valence-electron chi connectivity index (χ3n) is 3.06. The lowest BCUT2D eigenvalue weighted by Gasteiger charge is -2.21. The molecule has 0 radical (unpaired) electrons. The fourth-order valence-electron chi connectivity index (χ4n) is 2.33. The van der Waals surface area contributed by atoms with Crippen molar-refractivity contribution in [2.45, 2.75) is 25.7 Å². The van der Waals surface area contributed by atoms with Gasteiger partial charge >= 0.3 is 0 Å². The molecule has 1 saturated heterocycles. The molecule has 12 heavy (non-hydrogen) atoms. The van der Waals surface area contributed by atoms with E-state index in [4.69, 9.17) is 12.2 Å². The van der Waals surface area contributed by atoms with E-state index < -0.39 is 0 Å². The molecule has 66 valence electrons. The first-order valence-corrected chi connectivity index (χ1v) is 4.94. The average molecular weight is 183 g/mol. The quantitative estimate of drug-likeness (QED) is 0.532. The van der Waals surface area contributed by atoms with E-state index in [1.54, 1.807) is 4.90 Å². The third-order valence-corrected chi connectivity index (χ3v) is 3.64. The van der Waals surface area contributed by atoms with Crippen molar-refractivity contribution in [1.29, 1.82) is 0 Å². The molecule has 1 aliphatic carbocycles. The molecular formula is C9H13NOS. The number of hydrogen-bond donors (Lipinski definition) is 0. The van der Waals surface area contributed by atoms with Gasteiger partial charge in [0, 0.05) is 18.9 Å². The molecule has 2 rings (SSSR count). The molecule has 2 nitrogen and oxygen atoms in total. The zero-order valence-corrected chi connectivity index (χ0v) is 8.06. The van der Waals surface area contributed by atoms with E-state index in [2.05, 4.69) is 0 Å². The number of carbonyl (C=O) groups is 1. The molecular weight excluding hydrogens is 170 g/mol. The van der Waals surface area contributed by atoms with Crippen molar-refractivity contribution in [3.05, 3.63) is 0 Å². The fraction of sp³-hybridized carbons (Fsp3) is 0.778. The summed E-state index contributed by atoms with van der Waals surface area (Å²) in [6.07, 6.45) is 4.61. The summed E-state index contributed by atoms with van der Waals surface area (Å²) in [6, 6.07) is 0. The minimum Gasteiger partial charge on any atom is -0.309 e. The summed E-state index contributed by atoms with van der Waals surface area (Å²) in [5.41, 5.74) is 0. The Morgan fingerprint density at radius 1 is 1.33 bits per heavy atom. The Balaban J connectivity index is 2.25. The van der Waals surface area contributed by atoms with Crippen LogP contribution >= 0.6 is 12.2 Å². The van der Waals surface area contributed by atoms with Gasteiger partial charge in [-0.25, -0.2) is 0 Å². The van der Waals surface area contributed by atoms with E-state index in [1.165, 1.54) is 12.8 Å². The van der Waals surface area contributed by atoms with Gasteiger partial charge in [0.15, 0.2) is 0 Å². The smallest absolute Gasteiger partial charge is 0.230 e. The second kappa shape index (κ2) is 2.80. The first-order chi connectivity index (χ1) is 5.72.